The van der Waals surface area contributed by atoms with E-state index in [0.29, 0.717) is 55.8 Å². The van der Waals surface area contributed by atoms with Crippen molar-refractivity contribution < 1.29 is 33.3 Å². The number of ether oxygens (including phenoxy) is 4. The topological polar surface area (TPSA) is 94.6 Å². The molecule has 0 aromatic rings. The van der Waals surface area contributed by atoms with Crippen molar-refractivity contribution in [3.05, 3.63) is 0 Å². The highest BCUT2D eigenvalue weighted by Gasteiger charge is 2.48. The molecule has 3 heterocycles. The van der Waals surface area contributed by atoms with Crippen LogP contribution in [0.15, 0.2) is 0 Å². The van der Waals surface area contributed by atoms with Gasteiger partial charge in [-0.1, -0.05) is 13.8 Å². The highest BCUT2D eigenvalue weighted by molar-refractivity contribution is 5.80. The number of ketones is 1. The highest BCUT2D eigenvalue weighted by Crippen LogP contribution is 2.42. The lowest BCUT2D eigenvalue weighted by Crippen LogP contribution is -2.52. The van der Waals surface area contributed by atoms with Gasteiger partial charge in [-0.2, -0.15) is 0 Å². The summed E-state index contributed by atoms with van der Waals surface area (Å²) >= 11 is 0. The van der Waals surface area contributed by atoms with Crippen LogP contribution in [0.4, 0.5) is 0 Å². The van der Waals surface area contributed by atoms with Crippen LogP contribution in [-0.2, 0) is 33.3 Å². The average molecular weight is 565 g/mol. The average Bonchev–Trinajstić information content (AvgIpc) is 3.65. The van der Waals surface area contributed by atoms with Gasteiger partial charge in [0.2, 0.25) is 0 Å². The Kier molecular flexibility index (Phi) is 10.3. The molecule has 5 rings (SSSR count). The molecule has 3 aliphatic heterocycles. The summed E-state index contributed by atoms with van der Waals surface area (Å²) in [6.07, 6.45) is 9.04. The molecule has 0 aromatic heterocycles. The summed E-state index contributed by atoms with van der Waals surface area (Å²) in [5, 5.41) is 0. The summed E-state index contributed by atoms with van der Waals surface area (Å²) in [4.78, 5) is 40.3. The van der Waals surface area contributed by atoms with Crippen LogP contribution in [0.5, 0.6) is 0 Å². The molecule has 5 aliphatic rings. The van der Waals surface area contributed by atoms with Gasteiger partial charge in [-0.3, -0.25) is 24.2 Å². The SMILES string of the molecule is CC1CC2(CCC1N1CCC[C@H]1C(=O)OC(C)(C)C)OCCO2.COC(=O)[C@@H]1CCCN1C1CCC(=O)CC1C. The zero-order valence-electron chi connectivity index (χ0n) is 25.6. The molecule has 0 bridgehead atoms. The van der Waals surface area contributed by atoms with Gasteiger partial charge < -0.3 is 18.9 Å². The van der Waals surface area contributed by atoms with Gasteiger partial charge in [0.15, 0.2) is 5.79 Å². The number of methoxy groups -OCH3 is 1. The molecule has 2 saturated carbocycles. The predicted octanol–water partition coefficient (Wildman–Crippen LogP) is 4.11. The molecule has 0 radical (unpaired) electrons. The van der Waals surface area contributed by atoms with Gasteiger partial charge in [0.05, 0.1) is 20.3 Å². The minimum absolute atomic E-state index is 0.0594. The van der Waals surface area contributed by atoms with Crippen molar-refractivity contribution in [2.24, 2.45) is 11.8 Å². The van der Waals surface area contributed by atoms with E-state index in [9.17, 15) is 14.4 Å². The first-order valence-electron chi connectivity index (χ1n) is 15.5. The van der Waals surface area contributed by atoms with Crippen LogP contribution in [0.3, 0.4) is 0 Å². The summed E-state index contributed by atoms with van der Waals surface area (Å²) < 4.78 is 22.2. The Morgan fingerprint density at radius 2 is 1.45 bits per heavy atom. The summed E-state index contributed by atoms with van der Waals surface area (Å²) in [6, 6.07) is 0.634. The van der Waals surface area contributed by atoms with Crippen molar-refractivity contribution in [1.82, 2.24) is 9.80 Å². The van der Waals surface area contributed by atoms with Crippen molar-refractivity contribution >= 4 is 17.7 Å². The van der Waals surface area contributed by atoms with E-state index in [1.54, 1.807) is 0 Å². The van der Waals surface area contributed by atoms with Gasteiger partial charge >= 0.3 is 11.9 Å². The first-order valence-corrected chi connectivity index (χ1v) is 15.5. The fourth-order valence-corrected chi connectivity index (χ4v) is 7.70. The fraction of sp³-hybridized carbons (Fsp3) is 0.903. The number of esters is 2. The Morgan fingerprint density at radius 1 is 0.875 bits per heavy atom. The van der Waals surface area contributed by atoms with Gasteiger partial charge in [-0.05, 0) is 84.2 Å². The molecule has 9 heteroatoms. The molecule has 0 amide bonds. The zero-order valence-corrected chi connectivity index (χ0v) is 25.6. The maximum atomic E-state index is 12.6. The van der Waals surface area contributed by atoms with Gasteiger partial charge in [-0.25, -0.2) is 0 Å². The maximum absolute atomic E-state index is 12.6. The van der Waals surface area contributed by atoms with Gasteiger partial charge in [-0.15, -0.1) is 0 Å². The molecule has 40 heavy (non-hydrogen) atoms. The fourth-order valence-electron chi connectivity index (χ4n) is 7.70. The molecule has 3 saturated heterocycles. The van der Waals surface area contributed by atoms with E-state index < -0.39 is 5.60 Å². The Bertz CT molecular complexity index is 897. The van der Waals surface area contributed by atoms with E-state index in [-0.39, 0.29) is 29.8 Å². The first-order chi connectivity index (χ1) is 18.9. The second kappa shape index (κ2) is 13.2. The molecular weight excluding hydrogens is 512 g/mol. The number of Topliss-reactive ketones (excluding diaryl/α,β-unsaturated/α-hetero) is 1. The second-order valence-electron chi connectivity index (χ2n) is 13.6. The van der Waals surface area contributed by atoms with E-state index in [1.807, 2.05) is 20.8 Å². The summed E-state index contributed by atoms with van der Waals surface area (Å²) in [5.41, 5.74) is -0.418. The normalized spacial score (nSPS) is 34.9. The third-order valence-electron chi connectivity index (χ3n) is 9.44. The van der Waals surface area contributed by atoms with E-state index in [2.05, 4.69) is 23.6 Å². The van der Waals surface area contributed by atoms with Crippen molar-refractivity contribution in [1.29, 1.82) is 0 Å². The minimum Gasteiger partial charge on any atom is -0.468 e. The van der Waals surface area contributed by atoms with Crippen molar-refractivity contribution in [3.8, 4) is 0 Å². The number of carbonyl (C=O) groups is 3. The molecule has 0 aromatic carbocycles. The first kappa shape index (κ1) is 31.4. The van der Waals surface area contributed by atoms with E-state index in [0.717, 1.165) is 64.5 Å². The number of likely N-dealkylation sites (tertiary alicyclic amines) is 2. The molecule has 228 valence electrons. The lowest BCUT2D eigenvalue weighted by molar-refractivity contribution is -0.196. The molecule has 0 N–H and O–H groups in total. The Hall–Kier alpha value is -1.55. The monoisotopic (exact) mass is 564 g/mol. The van der Waals surface area contributed by atoms with Gasteiger partial charge in [0.1, 0.15) is 23.5 Å². The maximum Gasteiger partial charge on any atom is 0.323 e. The number of hydrogen-bond acceptors (Lipinski definition) is 9. The van der Waals surface area contributed by atoms with Crippen LogP contribution < -0.4 is 0 Å². The van der Waals surface area contributed by atoms with Crippen LogP contribution in [0, 0.1) is 11.8 Å². The highest BCUT2D eigenvalue weighted by atomic mass is 16.7. The van der Waals surface area contributed by atoms with Crippen LogP contribution in [0.1, 0.15) is 98.8 Å². The number of rotatable bonds is 4. The van der Waals surface area contributed by atoms with Crippen molar-refractivity contribution in [2.75, 3.05) is 33.4 Å². The van der Waals surface area contributed by atoms with Crippen molar-refractivity contribution in [3.63, 3.8) is 0 Å². The van der Waals surface area contributed by atoms with Crippen LogP contribution in [0.25, 0.3) is 0 Å². The molecule has 4 unspecified atom stereocenters. The van der Waals surface area contributed by atoms with E-state index in [1.165, 1.54) is 7.11 Å². The van der Waals surface area contributed by atoms with Gasteiger partial charge in [0, 0.05) is 37.8 Å². The standard InChI is InChI=1S/C18H31NO4.C13H21NO3/c1-13-12-18(21-10-11-22-18)8-7-14(13)19-9-5-6-15(19)16(20)23-17(2,3)4;1-9-8-10(15)5-6-11(9)14-7-3-4-12(14)13(16)17-2/h13-15H,5-12H2,1-4H3;9,11-12H,3-8H2,1-2H3/t13?,14?,15-;9?,11?,12-/m00/s1. The molecule has 2 aliphatic carbocycles. The second-order valence-corrected chi connectivity index (χ2v) is 13.6. The molecule has 6 atom stereocenters. The quantitative estimate of drug-likeness (QED) is 0.468. The minimum atomic E-state index is -0.418. The van der Waals surface area contributed by atoms with Gasteiger partial charge in [0.25, 0.3) is 0 Å². The van der Waals surface area contributed by atoms with Crippen molar-refractivity contribution in [2.45, 2.75) is 134 Å². The lowest BCUT2D eigenvalue weighted by atomic mass is 9.80. The van der Waals surface area contributed by atoms with Crippen LogP contribution in [0.2, 0.25) is 0 Å². The molecule has 1 spiro atoms. The molecule has 5 fully saturated rings. The van der Waals surface area contributed by atoms with Crippen LogP contribution >= 0.6 is 0 Å². The summed E-state index contributed by atoms with van der Waals surface area (Å²) in [7, 11) is 1.45. The number of nitrogens with zero attached hydrogens (tertiary/aromatic N) is 2. The Labute approximate surface area is 240 Å². The van der Waals surface area contributed by atoms with E-state index in [4.69, 9.17) is 18.9 Å². The number of carbonyl (C=O) groups excluding carboxylic acids is 3. The zero-order chi connectivity index (χ0) is 29.1. The largest absolute Gasteiger partial charge is 0.468 e. The summed E-state index contributed by atoms with van der Waals surface area (Å²) in [5.74, 6) is 0.660. The Balaban J connectivity index is 0.000000194. The molecular formula is C31H52N2O7. The summed E-state index contributed by atoms with van der Waals surface area (Å²) in [6.45, 7) is 13.6. The third kappa shape index (κ3) is 7.44. The lowest BCUT2D eigenvalue weighted by Gasteiger charge is -2.44. The van der Waals surface area contributed by atoms with E-state index >= 15 is 0 Å². The Morgan fingerprint density at radius 3 is 1.98 bits per heavy atom. The van der Waals surface area contributed by atoms with Crippen LogP contribution in [-0.4, -0.2) is 96.5 Å². The molecule has 9 nitrogen and oxygen atoms in total. The third-order valence-corrected chi connectivity index (χ3v) is 9.44. The smallest absolute Gasteiger partial charge is 0.323 e. The number of hydrogen-bond donors (Lipinski definition) is 0. The predicted molar refractivity (Wildman–Crippen MR) is 151 cm³/mol.